The first-order valence-electron chi connectivity index (χ1n) is 6.68. The molecule has 1 aliphatic rings. The molecule has 1 heterocycles. The van der Waals surface area contributed by atoms with E-state index >= 15 is 0 Å². The maximum Gasteiger partial charge on any atom is 0.0591 e. The summed E-state index contributed by atoms with van der Waals surface area (Å²) in [5, 5.41) is 3.16. The second-order valence-electron chi connectivity index (χ2n) is 4.16. The van der Waals surface area contributed by atoms with E-state index in [0.717, 1.165) is 26.3 Å². The van der Waals surface area contributed by atoms with Gasteiger partial charge in [-0.3, -0.25) is 0 Å². The van der Waals surface area contributed by atoms with Gasteiger partial charge in [0.25, 0.3) is 0 Å². The summed E-state index contributed by atoms with van der Waals surface area (Å²) in [4.78, 5) is 2.59. The Morgan fingerprint density at radius 2 is 1.15 bits per heavy atom. The average Bonchev–Trinajstić information content (AvgIpc) is 2.57. The zero-order valence-electron chi connectivity index (χ0n) is 11.3. The highest BCUT2D eigenvalue weighted by atomic mass is 33.1. The van der Waals surface area contributed by atoms with Gasteiger partial charge in [0, 0.05) is 22.9 Å². The molecule has 0 atom stereocenters. The van der Waals surface area contributed by atoms with Crippen molar-refractivity contribution in [2.24, 2.45) is 0 Å². The molecule has 2 aromatic rings. The van der Waals surface area contributed by atoms with Crippen molar-refractivity contribution < 1.29 is 4.74 Å². The standard InChI is InChI=1S/C12H10S2.C4H9NO/c1-3-7-11(8-4-1)13-14-12-9-5-2-6-10-12;1-3-6-4-2-5-1/h1-10H;5H,1-4H2. The van der Waals surface area contributed by atoms with E-state index in [9.17, 15) is 0 Å². The molecule has 20 heavy (non-hydrogen) atoms. The van der Waals surface area contributed by atoms with E-state index in [0.29, 0.717) is 0 Å². The van der Waals surface area contributed by atoms with Crippen molar-refractivity contribution >= 4 is 21.6 Å². The minimum Gasteiger partial charge on any atom is -0.379 e. The monoisotopic (exact) mass is 305 g/mol. The van der Waals surface area contributed by atoms with Gasteiger partial charge in [0.2, 0.25) is 0 Å². The third-order valence-electron chi connectivity index (χ3n) is 2.57. The summed E-state index contributed by atoms with van der Waals surface area (Å²) in [6.45, 7) is 3.83. The normalized spacial score (nSPS) is 14.2. The molecule has 1 fully saturated rings. The molecule has 4 heteroatoms. The molecule has 0 bridgehead atoms. The predicted molar refractivity (Wildman–Crippen MR) is 88.3 cm³/mol. The van der Waals surface area contributed by atoms with Gasteiger partial charge in [0.05, 0.1) is 13.2 Å². The Kier molecular flexibility index (Phi) is 7.64. The molecule has 1 N–H and O–H groups in total. The highest BCUT2D eigenvalue weighted by Gasteiger charge is 1.95. The van der Waals surface area contributed by atoms with E-state index in [2.05, 4.69) is 53.8 Å². The fourth-order valence-electron chi connectivity index (χ4n) is 1.56. The molecule has 0 unspecified atom stereocenters. The first-order valence-corrected chi connectivity index (χ1v) is 8.83. The Morgan fingerprint density at radius 3 is 1.45 bits per heavy atom. The van der Waals surface area contributed by atoms with E-state index in [1.165, 1.54) is 9.79 Å². The van der Waals surface area contributed by atoms with Crippen LogP contribution in [0.4, 0.5) is 0 Å². The molecule has 0 aromatic heterocycles. The second-order valence-corrected chi connectivity index (χ2v) is 6.43. The van der Waals surface area contributed by atoms with Gasteiger partial charge in [-0.15, -0.1) is 0 Å². The quantitative estimate of drug-likeness (QED) is 0.862. The molecule has 0 saturated carbocycles. The van der Waals surface area contributed by atoms with Crippen LogP contribution >= 0.6 is 21.6 Å². The molecule has 106 valence electrons. The fraction of sp³-hybridized carbons (Fsp3) is 0.250. The summed E-state index contributed by atoms with van der Waals surface area (Å²) < 4.78 is 5.01. The molecular weight excluding hydrogens is 286 g/mol. The third kappa shape index (κ3) is 6.48. The van der Waals surface area contributed by atoms with Crippen molar-refractivity contribution in [3.8, 4) is 0 Å². The summed E-state index contributed by atoms with van der Waals surface area (Å²) in [5.41, 5.74) is 0. The lowest BCUT2D eigenvalue weighted by Gasteiger charge is -2.10. The van der Waals surface area contributed by atoms with Crippen molar-refractivity contribution in [1.82, 2.24) is 5.32 Å². The topological polar surface area (TPSA) is 21.3 Å². The van der Waals surface area contributed by atoms with Crippen LogP contribution in [0.15, 0.2) is 70.5 Å². The van der Waals surface area contributed by atoms with E-state index in [-0.39, 0.29) is 0 Å². The lowest BCUT2D eigenvalue weighted by Crippen LogP contribution is -2.30. The van der Waals surface area contributed by atoms with E-state index in [1.807, 2.05) is 12.1 Å². The molecule has 0 radical (unpaired) electrons. The van der Waals surface area contributed by atoms with Gasteiger partial charge >= 0.3 is 0 Å². The van der Waals surface area contributed by atoms with Gasteiger partial charge in [-0.2, -0.15) is 0 Å². The van der Waals surface area contributed by atoms with Crippen LogP contribution < -0.4 is 5.32 Å². The van der Waals surface area contributed by atoms with Crippen molar-refractivity contribution in [2.45, 2.75) is 9.79 Å². The van der Waals surface area contributed by atoms with Gasteiger partial charge in [-0.05, 0) is 24.3 Å². The summed E-state index contributed by atoms with van der Waals surface area (Å²) in [6.07, 6.45) is 0. The molecule has 1 saturated heterocycles. The van der Waals surface area contributed by atoms with Crippen molar-refractivity contribution in [3.05, 3.63) is 60.7 Å². The van der Waals surface area contributed by atoms with Crippen LogP contribution in [0.3, 0.4) is 0 Å². The first-order chi connectivity index (χ1) is 9.95. The summed E-state index contributed by atoms with van der Waals surface area (Å²) in [7, 11) is 3.58. The van der Waals surface area contributed by atoms with Gasteiger partial charge in [-0.1, -0.05) is 58.0 Å². The highest BCUT2D eigenvalue weighted by molar-refractivity contribution is 8.76. The Balaban J connectivity index is 0.000000205. The third-order valence-corrected chi connectivity index (χ3v) is 4.98. The zero-order chi connectivity index (χ0) is 13.9. The van der Waals surface area contributed by atoms with Gasteiger partial charge in [-0.25, -0.2) is 0 Å². The number of hydrogen-bond donors (Lipinski definition) is 1. The minimum atomic E-state index is 0.889. The average molecular weight is 305 g/mol. The van der Waals surface area contributed by atoms with Crippen LogP contribution in [0.25, 0.3) is 0 Å². The fourth-order valence-corrected chi connectivity index (χ4v) is 3.54. The van der Waals surface area contributed by atoms with Gasteiger partial charge in [0.1, 0.15) is 0 Å². The van der Waals surface area contributed by atoms with Gasteiger partial charge in [0.15, 0.2) is 0 Å². The molecule has 2 nitrogen and oxygen atoms in total. The molecule has 0 spiro atoms. The number of rotatable bonds is 3. The van der Waals surface area contributed by atoms with E-state index in [4.69, 9.17) is 4.74 Å². The number of ether oxygens (including phenoxy) is 1. The lowest BCUT2D eigenvalue weighted by molar-refractivity contribution is 0.109. The first kappa shape index (κ1) is 15.4. The van der Waals surface area contributed by atoms with Crippen molar-refractivity contribution in [2.75, 3.05) is 26.3 Å². The minimum absolute atomic E-state index is 0.889. The number of hydrogen-bond acceptors (Lipinski definition) is 4. The van der Waals surface area contributed by atoms with Crippen LogP contribution in [0.5, 0.6) is 0 Å². The van der Waals surface area contributed by atoms with Crippen LogP contribution in [0.2, 0.25) is 0 Å². The molecular formula is C16H19NOS2. The van der Waals surface area contributed by atoms with Crippen LogP contribution in [0.1, 0.15) is 0 Å². The lowest BCUT2D eigenvalue weighted by atomic mass is 10.4. The molecule has 1 aliphatic heterocycles. The zero-order valence-corrected chi connectivity index (χ0v) is 13.0. The second kappa shape index (κ2) is 9.88. The summed E-state index contributed by atoms with van der Waals surface area (Å²) in [5.74, 6) is 0. The highest BCUT2D eigenvalue weighted by Crippen LogP contribution is 2.36. The Bertz CT molecular complexity index is 409. The molecule has 0 aliphatic carbocycles. The van der Waals surface area contributed by atoms with E-state index < -0.39 is 0 Å². The Morgan fingerprint density at radius 1 is 0.700 bits per heavy atom. The van der Waals surface area contributed by atoms with Crippen LogP contribution in [0, 0.1) is 0 Å². The smallest absolute Gasteiger partial charge is 0.0591 e. The largest absolute Gasteiger partial charge is 0.379 e. The van der Waals surface area contributed by atoms with Gasteiger partial charge < -0.3 is 10.1 Å². The Hall–Kier alpha value is -0.940. The number of nitrogens with one attached hydrogen (secondary N) is 1. The predicted octanol–water partition coefficient (Wildman–Crippen LogP) is 4.09. The number of benzene rings is 2. The maximum atomic E-state index is 5.01. The molecule has 3 rings (SSSR count). The van der Waals surface area contributed by atoms with Crippen LogP contribution in [-0.2, 0) is 4.74 Å². The van der Waals surface area contributed by atoms with Crippen molar-refractivity contribution in [3.63, 3.8) is 0 Å². The van der Waals surface area contributed by atoms with Crippen LogP contribution in [-0.4, -0.2) is 26.3 Å². The van der Waals surface area contributed by atoms with E-state index in [1.54, 1.807) is 21.6 Å². The molecule has 2 aromatic carbocycles. The summed E-state index contributed by atoms with van der Waals surface area (Å²) >= 11 is 0. The molecule has 0 amide bonds. The van der Waals surface area contributed by atoms with Crippen molar-refractivity contribution in [1.29, 1.82) is 0 Å². The maximum absolute atomic E-state index is 5.01. The number of morpholine rings is 1. The summed E-state index contributed by atoms with van der Waals surface area (Å²) in [6, 6.07) is 20.8. The SMILES string of the molecule is C1COCCN1.c1ccc(SSc2ccccc2)cc1. The Labute approximate surface area is 128 Å².